The molecule has 2 saturated heterocycles. The Kier molecular flexibility index (Phi) is 7.78. The number of benzene rings is 2. The minimum Gasteiger partial charge on any atom is -0.495 e. The molecule has 4 rings (SSSR count). The van der Waals surface area contributed by atoms with Crippen LogP contribution in [0.4, 0.5) is 0 Å². The highest BCUT2D eigenvalue weighted by molar-refractivity contribution is 7.89. The molecule has 2 amide bonds. The van der Waals surface area contributed by atoms with E-state index in [2.05, 4.69) is 0 Å². The quantitative estimate of drug-likeness (QED) is 0.519. The van der Waals surface area contributed by atoms with Gasteiger partial charge in [0.2, 0.25) is 21.8 Å². The monoisotopic (exact) mass is 573 g/mol. The number of fused-ring (bicyclic) bond motifs is 1. The first-order chi connectivity index (χ1) is 16.9. The standard InChI is InChI=1S/C24H26Cl3N3O5S/c1-14(2)28-13-22-29(36(33,34)21-12-16(25)5-7-20(21)35-3)9-8-23(31)30(22)19(24(28)32)11-15-4-6-17(26)18(27)10-15/h4-7,10,12,14,19,22H,8-9,11,13H2,1-3H3. The first-order valence-corrected chi connectivity index (χ1v) is 13.9. The predicted octanol–water partition coefficient (Wildman–Crippen LogP) is 4.07. The summed E-state index contributed by atoms with van der Waals surface area (Å²) in [5.74, 6) is -0.394. The van der Waals surface area contributed by atoms with Gasteiger partial charge in [-0.2, -0.15) is 4.31 Å². The molecule has 2 aliphatic heterocycles. The van der Waals surface area contributed by atoms with Crippen molar-refractivity contribution >= 4 is 56.6 Å². The Labute approximate surface area is 225 Å². The Hall–Kier alpha value is -2.04. The Bertz CT molecular complexity index is 1300. The number of amides is 2. The van der Waals surface area contributed by atoms with Crippen LogP contribution in [0.25, 0.3) is 0 Å². The molecule has 2 atom stereocenters. The van der Waals surface area contributed by atoms with Crippen LogP contribution in [0.15, 0.2) is 41.3 Å². The highest BCUT2D eigenvalue weighted by Crippen LogP contribution is 2.36. The summed E-state index contributed by atoms with van der Waals surface area (Å²) >= 11 is 18.4. The number of carbonyl (C=O) groups is 2. The van der Waals surface area contributed by atoms with Gasteiger partial charge in [-0.15, -0.1) is 0 Å². The molecular weight excluding hydrogens is 549 g/mol. The van der Waals surface area contributed by atoms with Gasteiger partial charge in [0.1, 0.15) is 22.9 Å². The van der Waals surface area contributed by atoms with Crippen LogP contribution in [0.2, 0.25) is 15.1 Å². The van der Waals surface area contributed by atoms with Crippen molar-refractivity contribution < 1.29 is 22.7 Å². The first kappa shape index (κ1) is 27.0. The lowest BCUT2D eigenvalue weighted by Gasteiger charge is -2.52. The van der Waals surface area contributed by atoms with E-state index >= 15 is 0 Å². The summed E-state index contributed by atoms with van der Waals surface area (Å²) < 4.78 is 34.4. The van der Waals surface area contributed by atoms with Gasteiger partial charge >= 0.3 is 0 Å². The smallest absolute Gasteiger partial charge is 0.248 e. The molecule has 36 heavy (non-hydrogen) atoms. The molecule has 12 heteroatoms. The molecule has 0 bridgehead atoms. The van der Waals surface area contributed by atoms with Crippen molar-refractivity contribution in [2.24, 2.45) is 0 Å². The van der Waals surface area contributed by atoms with Crippen LogP contribution in [0.5, 0.6) is 5.75 Å². The van der Waals surface area contributed by atoms with E-state index < -0.39 is 22.2 Å². The SMILES string of the molecule is COc1ccc(Cl)cc1S(=O)(=O)N1CCC(=O)N2C(Cc3ccc(Cl)c(Cl)c3)C(=O)N(C(C)C)CC21. The van der Waals surface area contributed by atoms with Gasteiger partial charge in [-0.3, -0.25) is 9.59 Å². The third-order valence-corrected chi connectivity index (χ3v) is 9.39. The third kappa shape index (κ3) is 4.91. The maximum absolute atomic E-state index is 13.9. The van der Waals surface area contributed by atoms with E-state index in [1.807, 2.05) is 13.8 Å². The Balaban J connectivity index is 1.78. The van der Waals surface area contributed by atoms with Crippen LogP contribution >= 0.6 is 34.8 Å². The van der Waals surface area contributed by atoms with Gasteiger partial charge in [0.25, 0.3) is 0 Å². The van der Waals surface area contributed by atoms with E-state index in [4.69, 9.17) is 39.5 Å². The zero-order valence-corrected chi connectivity index (χ0v) is 23.0. The minimum absolute atomic E-state index is 0.0301. The number of piperazine rings is 1. The highest BCUT2D eigenvalue weighted by atomic mass is 35.5. The van der Waals surface area contributed by atoms with Crippen LogP contribution in [0, 0.1) is 0 Å². The van der Waals surface area contributed by atoms with Gasteiger partial charge in [0, 0.05) is 30.5 Å². The van der Waals surface area contributed by atoms with E-state index in [0.717, 1.165) is 0 Å². The van der Waals surface area contributed by atoms with Crippen molar-refractivity contribution in [3.8, 4) is 5.75 Å². The maximum Gasteiger partial charge on any atom is 0.248 e. The summed E-state index contributed by atoms with van der Waals surface area (Å²) in [5.41, 5.74) is 0.705. The fraction of sp³-hybridized carbons (Fsp3) is 0.417. The molecule has 0 aliphatic carbocycles. The summed E-state index contributed by atoms with van der Waals surface area (Å²) in [6, 6.07) is 8.26. The molecule has 0 N–H and O–H groups in total. The highest BCUT2D eigenvalue weighted by Gasteiger charge is 2.51. The first-order valence-electron chi connectivity index (χ1n) is 11.4. The summed E-state index contributed by atoms with van der Waals surface area (Å²) in [6.07, 6.45) is -0.797. The van der Waals surface area contributed by atoms with Gasteiger partial charge in [-0.25, -0.2) is 8.42 Å². The molecule has 2 aliphatic rings. The van der Waals surface area contributed by atoms with E-state index in [9.17, 15) is 18.0 Å². The van der Waals surface area contributed by atoms with Crippen molar-refractivity contribution in [2.45, 2.75) is 49.8 Å². The van der Waals surface area contributed by atoms with E-state index in [1.165, 1.54) is 28.4 Å². The fourth-order valence-electron chi connectivity index (χ4n) is 4.73. The number of ether oxygens (including phenoxy) is 1. The molecular formula is C24H26Cl3N3O5S. The number of nitrogens with zero attached hydrogens (tertiary/aromatic N) is 3. The average molecular weight is 575 g/mol. The number of rotatable bonds is 6. The number of halogens is 3. The zero-order chi connectivity index (χ0) is 26.4. The molecule has 0 spiro atoms. The van der Waals surface area contributed by atoms with Crippen molar-refractivity contribution in [3.05, 3.63) is 57.0 Å². The second-order valence-corrected chi connectivity index (χ2v) is 12.1. The van der Waals surface area contributed by atoms with Crippen LogP contribution in [-0.4, -0.2) is 72.8 Å². The average Bonchev–Trinajstić information content (AvgIpc) is 2.82. The molecule has 2 heterocycles. The molecule has 194 valence electrons. The van der Waals surface area contributed by atoms with E-state index in [-0.39, 0.29) is 59.5 Å². The summed E-state index contributed by atoms with van der Waals surface area (Å²) in [6.45, 7) is 3.72. The van der Waals surface area contributed by atoms with E-state index in [1.54, 1.807) is 29.2 Å². The molecule has 0 saturated carbocycles. The second-order valence-electron chi connectivity index (χ2n) is 9.00. The van der Waals surface area contributed by atoms with Crippen molar-refractivity contribution in [2.75, 3.05) is 20.2 Å². The van der Waals surface area contributed by atoms with Gasteiger partial charge in [-0.1, -0.05) is 40.9 Å². The van der Waals surface area contributed by atoms with Crippen molar-refractivity contribution in [1.82, 2.24) is 14.1 Å². The number of hydrogen-bond acceptors (Lipinski definition) is 5. The number of hydrogen-bond donors (Lipinski definition) is 0. The summed E-state index contributed by atoms with van der Waals surface area (Å²) in [7, 11) is -2.77. The van der Waals surface area contributed by atoms with Gasteiger partial charge in [0.15, 0.2) is 0 Å². The van der Waals surface area contributed by atoms with Crippen molar-refractivity contribution in [1.29, 1.82) is 0 Å². The molecule has 2 aromatic carbocycles. The Morgan fingerprint density at radius 1 is 1.06 bits per heavy atom. The minimum atomic E-state index is -4.14. The number of sulfonamides is 1. The predicted molar refractivity (Wildman–Crippen MR) is 138 cm³/mol. The maximum atomic E-state index is 13.9. The lowest BCUT2D eigenvalue weighted by atomic mass is 9.97. The topological polar surface area (TPSA) is 87.2 Å². The Morgan fingerprint density at radius 3 is 2.42 bits per heavy atom. The van der Waals surface area contributed by atoms with Crippen LogP contribution in [-0.2, 0) is 26.0 Å². The zero-order valence-electron chi connectivity index (χ0n) is 19.9. The lowest BCUT2D eigenvalue weighted by Crippen LogP contribution is -2.72. The van der Waals surface area contributed by atoms with Gasteiger partial charge in [-0.05, 0) is 49.7 Å². The summed E-state index contributed by atoms with van der Waals surface area (Å²) in [4.78, 5) is 29.7. The normalized spacial score (nSPS) is 21.2. The van der Waals surface area contributed by atoms with Crippen LogP contribution in [0.1, 0.15) is 25.8 Å². The molecule has 2 unspecified atom stereocenters. The molecule has 0 radical (unpaired) electrons. The number of carbonyl (C=O) groups excluding carboxylic acids is 2. The summed E-state index contributed by atoms with van der Waals surface area (Å²) in [5, 5.41) is 0.940. The number of methoxy groups -OCH3 is 1. The third-order valence-electron chi connectivity index (χ3n) is 6.50. The van der Waals surface area contributed by atoms with Gasteiger partial charge in [0.05, 0.1) is 23.7 Å². The van der Waals surface area contributed by atoms with E-state index in [0.29, 0.717) is 15.6 Å². The molecule has 2 fully saturated rings. The van der Waals surface area contributed by atoms with Crippen molar-refractivity contribution in [3.63, 3.8) is 0 Å². The largest absolute Gasteiger partial charge is 0.495 e. The van der Waals surface area contributed by atoms with Gasteiger partial charge < -0.3 is 14.5 Å². The van der Waals surface area contributed by atoms with Crippen LogP contribution < -0.4 is 4.74 Å². The molecule has 2 aromatic rings. The lowest BCUT2D eigenvalue weighted by molar-refractivity contribution is -0.166. The van der Waals surface area contributed by atoms with Crippen LogP contribution in [0.3, 0.4) is 0 Å². The second kappa shape index (κ2) is 10.4. The molecule has 8 nitrogen and oxygen atoms in total. The Morgan fingerprint density at radius 2 is 1.78 bits per heavy atom. The fourth-order valence-corrected chi connectivity index (χ4v) is 7.04. The molecule has 0 aromatic heterocycles.